The predicted molar refractivity (Wildman–Crippen MR) is 128 cm³/mol. The van der Waals surface area contributed by atoms with Crippen LogP contribution in [0.2, 0.25) is 0 Å². The molecule has 34 heavy (non-hydrogen) atoms. The number of hydrogen-bond donors (Lipinski definition) is 2. The molecule has 2 aromatic heterocycles. The summed E-state index contributed by atoms with van der Waals surface area (Å²) in [6.07, 6.45) is 4.50. The fourth-order valence-electron chi connectivity index (χ4n) is 3.36. The average Bonchev–Trinajstić information content (AvgIpc) is 2.84. The highest BCUT2D eigenvalue weighted by atomic mass is 16.5. The smallest absolute Gasteiger partial charge is 0.342 e. The van der Waals surface area contributed by atoms with Gasteiger partial charge in [-0.2, -0.15) is 0 Å². The maximum absolute atomic E-state index is 13.1. The average molecular weight is 463 g/mol. The molecule has 9 nitrogen and oxygen atoms in total. The Bertz CT molecular complexity index is 1180. The Hall–Kier alpha value is -4.27. The number of carbonyl (C=O) groups excluding carboxylic acids is 3. The number of pyridine rings is 2. The SMILES string of the molecule is CCNC(=O)Nc1ncc(-c2cncc(C(=O)OCC)c2)c(-c2ccccc2)c1C(=O)OCC. The van der Waals surface area contributed by atoms with Crippen LogP contribution < -0.4 is 10.6 Å². The van der Waals surface area contributed by atoms with E-state index in [9.17, 15) is 14.4 Å². The summed E-state index contributed by atoms with van der Waals surface area (Å²) in [5.74, 6) is -1.09. The highest BCUT2D eigenvalue weighted by Crippen LogP contribution is 2.38. The molecule has 2 N–H and O–H groups in total. The molecular weight excluding hydrogens is 436 g/mol. The molecular formula is C25H26N4O5. The minimum Gasteiger partial charge on any atom is -0.462 e. The van der Waals surface area contributed by atoms with Gasteiger partial charge in [-0.05, 0) is 32.4 Å². The number of esters is 2. The number of amides is 2. The first-order valence-electron chi connectivity index (χ1n) is 10.9. The zero-order valence-electron chi connectivity index (χ0n) is 19.3. The van der Waals surface area contributed by atoms with Crippen LogP contribution in [0.15, 0.2) is 55.0 Å². The Labute approximate surface area is 197 Å². The summed E-state index contributed by atoms with van der Waals surface area (Å²) in [4.78, 5) is 46.2. The van der Waals surface area contributed by atoms with Crippen molar-refractivity contribution in [3.05, 3.63) is 66.1 Å². The predicted octanol–water partition coefficient (Wildman–Crippen LogP) is 4.31. The van der Waals surface area contributed by atoms with Crippen LogP contribution in [0, 0.1) is 0 Å². The minimum absolute atomic E-state index is 0.0570. The highest BCUT2D eigenvalue weighted by molar-refractivity contribution is 6.08. The molecule has 0 radical (unpaired) electrons. The first kappa shape index (κ1) is 24.4. The highest BCUT2D eigenvalue weighted by Gasteiger charge is 2.25. The molecule has 1 aromatic carbocycles. The second-order valence-corrected chi connectivity index (χ2v) is 7.02. The lowest BCUT2D eigenvalue weighted by Gasteiger charge is -2.18. The molecule has 0 aliphatic carbocycles. The van der Waals surface area contributed by atoms with Gasteiger partial charge in [0.05, 0.1) is 18.8 Å². The maximum Gasteiger partial charge on any atom is 0.342 e. The van der Waals surface area contributed by atoms with Gasteiger partial charge in [-0.25, -0.2) is 19.4 Å². The van der Waals surface area contributed by atoms with E-state index in [4.69, 9.17) is 9.47 Å². The topological polar surface area (TPSA) is 120 Å². The summed E-state index contributed by atoms with van der Waals surface area (Å²) in [7, 11) is 0. The lowest BCUT2D eigenvalue weighted by Crippen LogP contribution is -2.29. The lowest BCUT2D eigenvalue weighted by atomic mass is 9.92. The second kappa shape index (κ2) is 11.6. The molecule has 0 spiro atoms. The first-order valence-corrected chi connectivity index (χ1v) is 10.9. The lowest BCUT2D eigenvalue weighted by molar-refractivity contribution is 0.0517. The van der Waals surface area contributed by atoms with Gasteiger partial charge in [0.2, 0.25) is 0 Å². The van der Waals surface area contributed by atoms with Crippen LogP contribution in [0.3, 0.4) is 0 Å². The van der Waals surface area contributed by atoms with Crippen LogP contribution in [-0.4, -0.2) is 47.7 Å². The van der Waals surface area contributed by atoms with Gasteiger partial charge in [-0.3, -0.25) is 10.3 Å². The summed E-state index contributed by atoms with van der Waals surface area (Å²) < 4.78 is 10.4. The fraction of sp³-hybridized carbons (Fsp3) is 0.240. The molecule has 0 unspecified atom stereocenters. The van der Waals surface area contributed by atoms with E-state index in [0.29, 0.717) is 28.8 Å². The Morgan fingerprint density at radius 2 is 1.59 bits per heavy atom. The van der Waals surface area contributed by atoms with E-state index in [0.717, 1.165) is 0 Å². The molecule has 9 heteroatoms. The van der Waals surface area contributed by atoms with Gasteiger partial charge in [-0.15, -0.1) is 0 Å². The quantitative estimate of drug-likeness (QED) is 0.479. The van der Waals surface area contributed by atoms with Crippen molar-refractivity contribution in [2.45, 2.75) is 20.8 Å². The molecule has 0 aliphatic rings. The van der Waals surface area contributed by atoms with Gasteiger partial charge in [-0.1, -0.05) is 30.3 Å². The summed E-state index contributed by atoms with van der Waals surface area (Å²) >= 11 is 0. The van der Waals surface area contributed by atoms with E-state index in [1.165, 1.54) is 12.4 Å². The van der Waals surface area contributed by atoms with Crippen molar-refractivity contribution in [3.63, 3.8) is 0 Å². The number of aromatic nitrogens is 2. The molecule has 0 atom stereocenters. The second-order valence-electron chi connectivity index (χ2n) is 7.02. The number of nitrogens with zero attached hydrogens (tertiary/aromatic N) is 2. The standard InChI is InChI=1S/C25H26N4O5/c1-4-27-25(32)29-22-21(24(31)34-6-3)20(16-10-8-7-9-11-16)19(15-28-22)17-12-18(14-26-13-17)23(30)33-5-2/h7-15H,4-6H2,1-3H3,(H2,27,28,29,32). The van der Waals surface area contributed by atoms with E-state index >= 15 is 0 Å². The van der Waals surface area contributed by atoms with E-state index in [2.05, 4.69) is 20.6 Å². The van der Waals surface area contributed by atoms with Gasteiger partial charge in [0.1, 0.15) is 11.4 Å². The zero-order chi connectivity index (χ0) is 24.5. The van der Waals surface area contributed by atoms with Crippen molar-refractivity contribution in [2.24, 2.45) is 0 Å². The Morgan fingerprint density at radius 3 is 2.26 bits per heavy atom. The van der Waals surface area contributed by atoms with Gasteiger partial charge >= 0.3 is 18.0 Å². The van der Waals surface area contributed by atoms with Gasteiger partial charge in [0, 0.05) is 41.8 Å². The number of rotatable bonds is 8. The van der Waals surface area contributed by atoms with Gasteiger partial charge in [0.15, 0.2) is 0 Å². The van der Waals surface area contributed by atoms with Crippen molar-refractivity contribution in [2.75, 3.05) is 25.1 Å². The Balaban J connectivity index is 2.28. The van der Waals surface area contributed by atoms with E-state index in [1.54, 1.807) is 33.0 Å². The van der Waals surface area contributed by atoms with Crippen molar-refractivity contribution in [1.29, 1.82) is 0 Å². The number of carbonyl (C=O) groups is 3. The molecule has 0 saturated heterocycles. The van der Waals surface area contributed by atoms with Gasteiger partial charge < -0.3 is 14.8 Å². The molecule has 3 rings (SSSR count). The number of hydrogen-bond acceptors (Lipinski definition) is 7. The molecule has 0 aliphatic heterocycles. The Morgan fingerprint density at radius 1 is 0.882 bits per heavy atom. The molecule has 2 amide bonds. The molecule has 0 fully saturated rings. The minimum atomic E-state index is -0.642. The normalized spacial score (nSPS) is 10.3. The summed E-state index contributed by atoms with van der Waals surface area (Å²) in [6.45, 7) is 5.96. The van der Waals surface area contributed by atoms with Crippen LogP contribution in [0.1, 0.15) is 41.5 Å². The maximum atomic E-state index is 13.1. The van der Waals surface area contributed by atoms with Crippen LogP contribution in [0.25, 0.3) is 22.3 Å². The largest absolute Gasteiger partial charge is 0.462 e. The van der Waals surface area contributed by atoms with Crippen LogP contribution in [-0.2, 0) is 9.47 Å². The summed E-state index contributed by atoms with van der Waals surface area (Å²) in [6, 6.07) is 10.3. The van der Waals surface area contributed by atoms with E-state index < -0.39 is 18.0 Å². The van der Waals surface area contributed by atoms with Crippen LogP contribution in [0.4, 0.5) is 10.6 Å². The zero-order valence-corrected chi connectivity index (χ0v) is 19.3. The fourth-order valence-corrected chi connectivity index (χ4v) is 3.36. The van der Waals surface area contributed by atoms with Crippen LogP contribution >= 0.6 is 0 Å². The Kier molecular flexibility index (Phi) is 8.28. The third kappa shape index (κ3) is 5.55. The third-order valence-corrected chi connectivity index (χ3v) is 4.75. The van der Waals surface area contributed by atoms with E-state index in [1.807, 2.05) is 30.3 Å². The van der Waals surface area contributed by atoms with Crippen LogP contribution in [0.5, 0.6) is 0 Å². The summed E-state index contributed by atoms with van der Waals surface area (Å²) in [5, 5.41) is 5.26. The molecule has 0 saturated carbocycles. The third-order valence-electron chi connectivity index (χ3n) is 4.75. The number of benzene rings is 1. The van der Waals surface area contributed by atoms with Crippen molar-refractivity contribution < 1.29 is 23.9 Å². The first-order chi connectivity index (χ1) is 16.5. The van der Waals surface area contributed by atoms with Crippen molar-refractivity contribution in [1.82, 2.24) is 15.3 Å². The van der Waals surface area contributed by atoms with Crippen molar-refractivity contribution >= 4 is 23.8 Å². The summed E-state index contributed by atoms with van der Waals surface area (Å²) in [5.41, 5.74) is 2.63. The molecule has 2 heterocycles. The number of nitrogens with one attached hydrogen (secondary N) is 2. The van der Waals surface area contributed by atoms with E-state index in [-0.39, 0.29) is 30.2 Å². The molecule has 3 aromatic rings. The van der Waals surface area contributed by atoms with Crippen molar-refractivity contribution in [3.8, 4) is 22.3 Å². The monoisotopic (exact) mass is 462 g/mol. The van der Waals surface area contributed by atoms with Gasteiger partial charge in [0.25, 0.3) is 0 Å². The molecule has 176 valence electrons. The number of urea groups is 1. The number of anilines is 1. The molecule has 0 bridgehead atoms. The number of ether oxygens (including phenoxy) is 2.